The van der Waals surface area contributed by atoms with Crippen molar-refractivity contribution in [3.05, 3.63) is 40.0 Å². The van der Waals surface area contributed by atoms with Crippen LogP contribution in [0, 0.1) is 11.3 Å². The average Bonchev–Trinajstić information content (AvgIpc) is 3.10. The van der Waals surface area contributed by atoms with E-state index in [0.717, 1.165) is 37.5 Å². The van der Waals surface area contributed by atoms with Crippen molar-refractivity contribution in [2.24, 2.45) is 0 Å². The van der Waals surface area contributed by atoms with Gasteiger partial charge >= 0.3 is 0 Å². The number of hydrogen-bond acceptors (Lipinski definition) is 4. The lowest BCUT2D eigenvalue weighted by atomic mass is 9.96. The summed E-state index contributed by atoms with van der Waals surface area (Å²) in [6, 6.07) is 5.60. The van der Waals surface area contributed by atoms with Crippen LogP contribution in [0.15, 0.2) is 18.3 Å². The lowest BCUT2D eigenvalue weighted by Crippen LogP contribution is -2.19. The van der Waals surface area contributed by atoms with E-state index >= 15 is 0 Å². The summed E-state index contributed by atoms with van der Waals surface area (Å²) in [7, 11) is 0. The van der Waals surface area contributed by atoms with E-state index in [4.69, 9.17) is 0 Å². The molecule has 0 spiro atoms. The lowest BCUT2D eigenvalue weighted by Gasteiger charge is -2.09. The zero-order valence-corrected chi connectivity index (χ0v) is 12.8. The van der Waals surface area contributed by atoms with E-state index in [1.165, 1.54) is 16.2 Å². The Bertz CT molecular complexity index is 767. The number of nitrogens with one attached hydrogen (secondary N) is 1. The molecule has 0 saturated carbocycles. The Kier molecular flexibility index (Phi) is 4.07. The highest BCUT2D eigenvalue weighted by Crippen LogP contribution is 2.37. The Hall–Kier alpha value is -2.39. The molecule has 0 radical (unpaired) electrons. The first-order valence-corrected chi connectivity index (χ1v) is 7.99. The van der Waals surface area contributed by atoms with Gasteiger partial charge in [-0.05, 0) is 43.4 Å². The van der Waals surface area contributed by atoms with E-state index in [1.54, 1.807) is 22.9 Å². The maximum absolute atomic E-state index is 12.2. The fourth-order valence-corrected chi connectivity index (χ4v) is 4.03. The van der Waals surface area contributed by atoms with E-state index in [0.29, 0.717) is 16.3 Å². The molecule has 1 aliphatic carbocycles. The summed E-state index contributed by atoms with van der Waals surface area (Å²) in [5, 5.41) is 12.8. The van der Waals surface area contributed by atoms with E-state index in [1.807, 2.05) is 0 Å². The van der Waals surface area contributed by atoms with Crippen molar-refractivity contribution in [3.8, 4) is 6.07 Å². The van der Waals surface area contributed by atoms with Crippen LogP contribution in [0.1, 0.15) is 39.3 Å². The molecular formula is C16H15N3O2S. The summed E-state index contributed by atoms with van der Waals surface area (Å²) in [5.41, 5.74) is 2.17. The Morgan fingerprint density at radius 3 is 3.05 bits per heavy atom. The van der Waals surface area contributed by atoms with Crippen LogP contribution in [0.5, 0.6) is 0 Å². The smallest absolute Gasteiger partial charge is 0.244 e. The number of aldehydes is 1. The Labute approximate surface area is 132 Å². The predicted octanol–water partition coefficient (Wildman–Crippen LogP) is 2.75. The highest BCUT2D eigenvalue weighted by molar-refractivity contribution is 7.16. The second-order valence-electron chi connectivity index (χ2n) is 5.25. The van der Waals surface area contributed by atoms with Gasteiger partial charge in [0.05, 0.1) is 11.3 Å². The van der Waals surface area contributed by atoms with E-state index in [-0.39, 0.29) is 12.5 Å². The van der Waals surface area contributed by atoms with Gasteiger partial charge in [0.1, 0.15) is 17.6 Å². The zero-order valence-electron chi connectivity index (χ0n) is 12.0. The van der Waals surface area contributed by atoms with Crippen LogP contribution in [0.25, 0.3) is 0 Å². The molecule has 0 aromatic carbocycles. The summed E-state index contributed by atoms with van der Waals surface area (Å²) in [4.78, 5) is 24.3. The van der Waals surface area contributed by atoms with Crippen molar-refractivity contribution < 1.29 is 9.59 Å². The first-order valence-electron chi connectivity index (χ1n) is 7.17. The molecule has 1 amide bonds. The minimum atomic E-state index is -0.227. The fourth-order valence-electron chi connectivity index (χ4n) is 2.77. The summed E-state index contributed by atoms with van der Waals surface area (Å²) >= 11 is 1.50. The number of thiophene rings is 1. The number of aryl methyl sites for hydroxylation is 1. The average molecular weight is 313 g/mol. The quantitative estimate of drug-likeness (QED) is 0.882. The Morgan fingerprint density at radius 2 is 2.27 bits per heavy atom. The van der Waals surface area contributed by atoms with Crippen LogP contribution < -0.4 is 5.32 Å². The molecule has 0 atom stereocenters. The van der Waals surface area contributed by atoms with Crippen molar-refractivity contribution >= 4 is 28.5 Å². The third kappa shape index (κ3) is 2.68. The summed E-state index contributed by atoms with van der Waals surface area (Å²) in [6.07, 6.45) is 6.54. The lowest BCUT2D eigenvalue weighted by molar-refractivity contribution is -0.116. The van der Waals surface area contributed by atoms with Gasteiger partial charge in [-0.1, -0.05) is 0 Å². The maximum atomic E-state index is 12.2. The van der Waals surface area contributed by atoms with E-state index in [2.05, 4.69) is 11.4 Å². The number of carbonyl (C=O) groups is 2. The maximum Gasteiger partial charge on any atom is 0.244 e. The van der Waals surface area contributed by atoms with Crippen LogP contribution in [0.3, 0.4) is 0 Å². The molecule has 2 heterocycles. The summed E-state index contributed by atoms with van der Waals surface area (Å²) in [6.45, 7) is 0.0640. The van der Waals surface area contributed by atoms with Gasteiger partial charge in [-0.15, -0.1) is 11.3 Å². The third-order valence-electron chi connectivity index (χ3n) is 3.84. The number of hydrogen-bond donors (Lipinski definition) is 1. The highest BCUT2D eigenvalue weighted by Gasteiger charge is 2.21. The zero-order chi connectivity index (χ0) is 15.5. The first kappa shape index (κ1) is 14.5. The molecule has 112 valence electrons. The van der Waals surface area contributed by atoms with Gasteiger partial charge < -0.3 is 9.88 Å². The molecule has 2 aromatic heterocycles. The number of amides is 1. The van der Waals surface area contributed by atoms with Crippen LogP contribution in [0.4, 0.5) is 5.00 Å². The van der Waals surface area contributed by atoms with Crippen LogP contribution in [0.2, 0.25) is 0 Å². The molecule has 6 heteroatoms. The minimum Gasteiger partial charge on any atom is -0.336 e. The van der Waals surface area contributed by atoms with E-state index in [9.17, 15) is 14.9 Å². The second kappa shape index (κ2) is 6.16. The topological polar surface area (TPSA) is 74.9 Å². The SMILES string of the molecule is N#Cc1c(NC(=O)Cn2cccc2C=O)sc2c1CCCC2. The summed E-state index contributed by atoms with van der Waals surface area (Å²) in [5.74, 6) is -0.227. The number of anilines is 1. The Morgan fingerprint density at radius 1 is 1.45 bits per heavy atom. The number of rotatable bonds is 4. The van der Waals surface area contributed by atoms with E-state index < -0.39 is 0 Å². The van der Waals surface area contributed by atoms with Crippen LogP contribution in [-0.2, 0) is 24.2 Å². The molecule has 0 unspecified atom stereocenters. The standard InChI is InChI=1S/C16H15N3O2S/c17-8-13-12-5-1-2-6-14(12)22-16(13)18-15(21)9-19-7-3-4-11(19)10-20/h3-4,7,10H,1-2,5-6,9H2,(H,18,21). The number of fused-ring (bicyclic) bond motifs is 1. The molecule has 3 rings (SSSR count). The molecule has 0 saturated heterocycles. The molecular weight excluding hydrogens is 298 g/mol. The van der Waals surface area contributed by atoms with Gasteiger partial charge in [-0.2, -0.15) is 5.26 Å². The van der Waals surface area contributed by atoms with Crippen LogP contribution >= 0.6 is 11.3 Å². The van der Waals surface area contributed by atoms with Gasteiger partial charge in [-0.25, -0.2) is 0 Å². The highest BCUT2D eigenvalue weighted by atomic mass is 32.1. The number of nitrogens with zero attached hydrogens (tertiary/aromatic N) is 2. The number of nitriles is 1. The van der Waals surface area contributed by atoms with Crippen molar-refractivity contribution in [2.45, 2.75) is 32.2 Å². The molecule has 22 heavy (non-hydrogen) atoms. The Balaban J connectivity index is 1.78. The molecule has 1 N–H and O–H groups in total. The molecule has 0 bridgehead atoms. The molecule has 0 aliphatic heterocycles. The number of aromatic nitrogens is 1. The van der Waals surface area contributed by atoms with Crippen molar-refractivity contribution in [1.29, 1.82) is 5.26 Å². The van der Waals surface area contributed by atoms with Crippen molar-refractivity contribution in [1.82, 2.24) is 4.57 Å². The van der Waals surface area contributed by atoms with Crippen molar-refractivity contribution in [2.75, 3.05) is 5.32 Å². The second-order valence-corrected chi connectivity index (χ2v) is 6.36. The number of carbonyl (C=O) groups excluding carboxylic acids is 2. The van der Waals surface area contributed by atoms with Gasteiger partial charge in [0.25, 0.3) is 0 Å². The monoisotopic (exact) mass is 313 g/mol. The third-order valence-corrected chi connectivity index (χ3v) is 5.04. The first-order chi connectivity index (χ1) is 10.7. The fraction of sp³-hybridized carbons (Fsp3) is 0.312. The molecule has 1 aliphatic rings. The van der Waals surface area contributed by atoms with Gasteiger partial charge in [-0.3, -0.25) is 9.59 Å². The van der Waals surface area contributed by atoms with Gasteiger partial charge in [0.2, 0.25) is 5.91 Å². The molecule has 2 aromatic rings. The molecule has 0 fully saturated rings. The largest absolute Gasteiger partial charge is 0.336 e. The molecule has 5 nitrogen and oxygen atoms in total. The normalized spacial score (nSPS) is 13.2. The van der Waals surface area contributed by atoms with Gasteiger partial charge in [0.15, 0.2) is 6.29 Å². The van der Waals surface area contributed by atoms with Gasteiger partial charge in [0, 0.05) is 11.1 Å². The van der Waals surface area contributed by atoms with Crippen molar-refractivity contribution in [3.63, 3.8) is 0 Å². The minimum absolute atomic E-state index is 0.0640. The predicted molar refractivity (Wildman–Crippen MR) is 84.1 cm³/mol. The summed E-state index contributed by atoms with van der Waals surface area (Å²) < 4.78 is 1.59. The van der Waals surface area contributed by atoms with Crippen LogP contribution in [-0.4, -0.2) is 16.8 Å².